The van der Waals surface area contributed by atoms with Gasteiger partial charge >= 0.3 is 5.97 Å². The van der Waals surface area contributed by atoms with E-state index >= 15 is 0 Å². The van der Waals surface area contributed by atoms with E-state index in [1.165, 1.54) is 0 Å². The molecule has 0 aromatic heterocycles. The summed E-state index contributed by atoms with van der Waals surface area (Å²) in [5.41, 5.74) is 3.18. The fourth-order valence-electron chi connectivity index (χ4n) is 4.06. The first-order chi connectivity index (χ1) is 17.4. The minimum Gasteiger partial charge on any atom is -0.497 e. The van der Waals surface area contributed by atoms with Crippen molar-refractivity contribution in [2.45, 2.75) is 25.5 Å². The highest BCUT2D eigenvalue weighted by Gasteiger charge is 2.20. The molecule has 0 heterocycles. The van der Waals surface area contributed by atoms with Crippen molar-refractivity contribution in [1.29, 1.82) is 0 Å². The standard InChI is InChI=1S/C29H35NO6/c1-5-35-27(29(31)32)20-21-6-12-26(13-7-21)36-19-18-30(2)28(22-8-14-24(33-3)15-9-22)23-10-16-25(34-4)17-11-23/h6-17,27-28H,5,18-20H2,1-4H3,(H,31,32)/t27-/m0/s1. The second-order valence-electron chi connectivity index (χ2n) is 8.41. The maximum absolute atomic E-state index is 11.3. The average molecular weight is 494 g/mol. The molecule has 3 aromatic carbocycles. The van der Waals surface area contributed by atoms with Crippen LogP contribution in [-0.4, -0.2) is 63.1 Å². The van der Waals surface area contributed by atoms with Gasteiger partial charge in [0.25, 0.3) is 0 Å². The minimum atomic E-state index is -0.955. The average Bonchev–Trinajstić information content (AvgIpc) is 2.90. The Balaban J connectivity index is 1.64. The molecule has 0 saturated heterocycles. The van der Waals surface area contributed by atoms with Gasteiger partial charge in [-0.05, 0) is 67.1 Å². The Kier molecular flexibility index (Phi) is 10.2. The van der Waals surface area contributed by atoms with Crippen LogP contribution in [0.1, 0.15) is 29.7 Å². The van der Waals surface area contributed by atoms with Crippen molar-refractivity contribution < 1.29 is 28.8 Å². The summed E-state index contributed by atoms with van der Waals surface area (Å²) in [5, 5.41) is 9.28. The van der Waals surface area contributed by atoms with E-state index in [0.29, 0.717) is 26.2 Å². The fourth-order valence-corrected chi connectivity index (χ4v) is 4.06. The van der Waals surface area contributed by atoms with E-state index in [2.05, 4.69) is 36.2 Å². The summed E-state index contributed by atoms with van der Waals surface area (Å²) in [5.74, 6) is 1.42. The van der Waals surface area contributed by atoms with Crippen molar-refractivity contribution in [2.24, 2.45) is 0 Å². The Bertz CT molecular complexity index is 1020. The van der Waals surface area contributed by atoms with E-state index in [9.17, 15) is 9.90 Å². The Labute approximate surface area is 213 Å². The number of carboxylic acids is 1. The summed E-state index contributed by atoms with van der Waals surface area (Å²) in [6, 6.07) is 23.7. The van der Waals surface area contributed by atoms with E-state index in [0.717, 1.165) is 33.9 Å². The second-order valence-corrected chi connectivity index (χ2v) is 8.41. The molecule has 0 saturated carbocycles. The molecular weight excluding hydrogens is 458 g/mol. The summed E-state index contributed by atoms with van der Waals surface area (Å²) in [7, 11) is 5.40. The molecule has 0 aliphatic heterocycles. The van der Waals surface area contributed by atoms with Crippen LogP contribution in [-0.2, 0) is 16.0 Å². The van der Waals surface area contributed by atoms with Crippen LogP contribution in [0.5, 0.6) is 17.2 Å². The smallest absolute Gasteiger partial charge is 0.333 e. The van der Waals surface area contributed by atoms with E-state index in [1.54, 1.807) is 21.1 Å². The topological polar surface area (TPSA) is 77.5 Å². The van der Waals surface area contributed by atoms with E-state index < -0.39 is 12.1 Å². The first kappa shape index (κ1) is 27.0. The van der Waals surface area contributed by atoms with Gasteiger partial charge in [-0.15, -0.1) is 0 Å². The maximum atomic E-state index is 11.3. The lowest BCUT2D eigenvalue weighted by atomic mass is 9.97. The molecule has 0 bridgehead atoms. The van der Waals surface area contributed by atoms with Gasteiger partial charge in [0, 0.05) is 19.6 Å². The Hall–Kier alpha value is -3.55. The number of rotatable bonds is 14. The van der Waals surface area contributed by atoms with Gasteiger partial charge in [0.1, 0.15) is 23.9 Å². The number of likely N-dealkylation sites (N-methyl/N-ethyl adjacent to an activating group) is 1. The van der Waals surface area contributed by atoms with Gasteiger partial charge < -0.3 is 24.1 Å². The number of hydrogen-bond donors (Lipinski definition) is 1. The van der Waals surface area contributed by atoms with Gasteiger partial charge in [-0.2, -0.15) is 0 Å². The summed E-state index contributed by atoms with van der Waals surface area (Å²) < 4.78 is 21.9. The monoisotopic (exact) mass is 493 g/mol. The Morgan fingerprint density at radius 2 is 1.33 bits per heavy atom. The number of carboxylic acid groups (broad SMARTS) is 1. The largest absolute Gasteiger partial charge is 0.497 e. The molecular formula is C29H35NO6. The molecule has 7 heteroatoms. The highest BCUT2D eigenvalue weighted by Crippen LogP contribution is 2.30. The van der Waals surface area contributed by atoms with Crippen LogP contribution < -0.4 is 14.2 Å². The molecule has 3 rings (SSSR count). The lowest BCUT2D eigenvalue weighted by Crippen LogP contribution is -2.29. The molecule has 1 atom stereocenters. The van der Waals surface area contributed by atoms with Crippen LogP contribution in [0.25, 0.3) is 0 Å². The quantitative estimate of drug-likeness (QED) is 0.344. The molecule has 0 aliphatic rings. The van der Waals surface area contributed by atoms with Crippen LogP contribution in [0.4, 0.5) is 0 Å². The number of aliphatic carboxylic acids is 1. The lowest BCUT2D eigenvalue weighted by Gasteiger charge is -2.29. The van der Waals surface area contributed by atoms with Gasteiger partial charge in [0.15, 0.2) is 6.10 Å². The number of nitrogens with zero attached hydrogens (tertiary/aromatic N) is 1. The zero-order valence-electron chi connectivity index (χ0n) is 21.3. The molecule has 3 aromatic rings. The molecule has 0 unspecified atom stereocenters. The van der Waals surface area contributed by atoms with Crippen molar-refractivity contribution in [2.75, 3.05) is 41.0 Å². The molecule has 36 heavy (non-hydrogen) atoms. The van der Waals surface area contributed by atoms with Gasteiger partial charge in [-0.1, -0.05) is 36.4 Å². The fraction of sp³-hybridized carbons (Fsp3) is 0.345. The molecule has 0 fully saturated rings. The van der Waals surface area contributed by atoms with Gasteiger partial charge in [0.05, 0.1) is 20.3 Å². The molecule has 7 nitrogen and oxygen atoms in total. The Morgan fingerprint density at radius 1 is 0.833 bits per heavy atom. The van der Waals surface area contributed by atoms with Gasteiger partial charge in [-0.3, -0.25) is 4.90 Å². The highest BCUT2D eigenvalue weighted by molar-refractivity contribution is 5.72. The molecule has 0 radical (unpaired) electrons. The summed E-state index contributed by atoms with van der Waals surface area (Å²) in [6.07, 6.45) is -0.527. The van der Waals surface area contributed by atoms with Crippen molar-refractivity contribution in [3.63, 3.8) is 0 Å². The highest BCUT2D eigenvalue weighted by atomic mass is 16.5. The molecule has 0 spiro atoms. The zero-order valence-corrected chi connectivity index (χ0v) is 21.3. The van der Waals surface area contributed by atoms with Crippen LogP contribution in [0.3, 0.4) is 0 Å². The van der Waals surface area contributed by atoms with E-state index in [4.69, 9.17) is 18.9 Å². The number of hydrogen-bond acceptors (Lipinski definition) is 6. The van der Waals surface area contributed by atoms with Gasteiger partial charge in [-0.25, -0.2) is 4.79 Å². The summed E-state index contributed by atoms with van der Waals surface area (Å²) in [6.45, 7) is 3.34. The minimum absolute atomic E-state index is 0.0271. The van der Waals surface area contributed by atoms with Crippen LogP contribution in [0.15, 0.2) is 72.8 Å². The van der Waals surface area contributed by atoms with Crippen molar-refractivity contribution in [3.05, 3.63) is 89.5 Å². The lowest BCUT2D eigenvalue weighted by molar-refractivity contribution is -0.149. The molecule has 0 amide bonds. The summed E-state index contributed by atoms with van der Waals surface area (Å²) in [4.78, 5) is 13.6. The predicted molar refractivity (Wildman–Crippen MR) is 139 cm³/mol. The number of carbonyl (C=O) groups is 1. The van der Waals surface area contributed by atoms with Crippen LogP contribution in [0, 0.1) is 0 Å². The maximum Gasteiger partial charge on any atom is 0.333 e. The first-order valence-electron chi connectivity index (χ1n) is 12.0. The Morgan fingerprint density at radius 3 is 1.78 bits per heavy atom. The van der Waals surface area contributed by atoms with Crippen molar-refractivity contribution >= 4 is 5.97 Å². The third-order valence-corrected chi connectivity index (χ3v) is 6.00. The molecule has 1 N–H and O–H groups in total. The molecule has 192 valence electrons. The van der Waals surface area contributed by atoms with Crippen molar-refractivity contribution in [3.8, 4) is 17.2 Å². The number of benzene rings is 3. The van der Waals surface area contributed by atoms with Crippen molar-refractivity contribution in [1.82, 2.24) is 4.90 Å². The predicted octanol–water partition coefficient (Wildman–Crippen LogP) is 4.84. The second kappa shape index (κ2) is 13.5. The zero-order chi connectivity index (χ0) is 25.9. The SMILES string of the molecule is CCO[C@@H](Cc1ccc(OCCN(C)C(c2ccc(OC)cc2)c2ccc(OC)cc2)cc1)C(=O)O. The summed E-state index contributed by atoms with van der Waals surface area (Å²) >= 11 is 0. The molecule has 0 aliphatic carbocycles. The number of methoxy groups -OCH3 is 2. The third kappa shape index (κ3) is 7.47. The van der Waals surface area contributed by atoms with E-state index in [-0.39, 0.29) is 6.04 Å². The first-order valence-corrected chi connectivity index (χ1v) is 12.0. The third-order valence-electron chi connectivity index (χ3n) is 6.00. The normalized spacial score (nSPS) is 11.9. The van der Waals surface area contributed by atoms with Crippen LogP contribution >= 0.6 is 0 Å². The number of ether oxygens (including phenoxy) is 4. The van der Waals surface area contributed by atoms with E-state index in [1.807, 2.05) is 48.5 Å². The van der Waals surface area contributed by atoms with Gasteiger partial charge in [0.2, 0.25) is 0 Å². The van der Waals surface area contributed by atoms with Crippen LogP contribution in [0.2, 0.25) is 0 Å².